The van der Waals surface area contributed by atoms with E-state index >= 15 is 0 Å². The quantitative estimate of drug-likeness (QED) is 0.428. The molecule has 0 aliphatic carbocycles. The summed E-state index contributed by atoms with van der Waals surface area (Å²) in [6.07, 6.45) is -0.886. The standard InChI is InChI=1S/C19H22N2O7/c1-10(22)9-28-19(24)16-12(3)20-11(2)15(18(23)27-4)17(16)13-7-5-6-8-14(13)21(25)26/h5-8,10,17,20,22H,9H2,1-4H3/t10-,17+/m1/s1. The Kier molecular flexibility index (Phi) is 6.53. The summed E-state index contributed by atoms with van der Waals surface area (Å²) in [5, 5.41) is 23.9. The molecule has 2 N–H and O–H groups in total. The van der Waals surface area contributed by atoms with Gasteiger partial charge in [-0.1, -0.05) is 18.2 Å². The normalized spacial score (nSPS) is 17.7. The molecule has 0 saturated heterocycles. The molecule has 2 rings (SSSR count). The fourth-order valence-electron chi connectivity index (χ4n) is 3.13. The zero-order valence-electron chi connectivity index (χ0n) is 16.0. The van der Waals surface area contributed by atoms with Gasteiger partial charge in [0.25, 0.3) is 5.69 Å². The number of hydrogen-bond acceptors (Lipinski definition) is 8. The Balaban J connectivity index is 2.69. The van der Waals surface area contributed by atoms with Crippen LogP contribution in [0.2, 0.25) is 0 Å². The van der Waals surface area contributed by atoms with E-state index in [-0.39, 0.29) is 29.0 Å². The number of methoxy groups -OCH3 is 1. The van der Waals surface area contributed by atoms with Gasteiger partial charge in [0.1, 0.15) is 6.61 Å². The molecule has 0 fully saturated rings. The first-order valence-electron chi connectivity index (χ1n) is 8.54. The van der Waals surface area contributed by atoms with Gasteiger partial charge in [-0.25, -0.2) is 9.59 Å². The van der Waals surface area contributed by atoms with Crippen molar-refractivity contribution in [1.29, 1.82) is 0 Å². The summed E-state index contributed by atoms with van der Waals surface area (Å²) in [6, 6.07) is 5.87. The van der Waals surface area contributed by atoms with Gasteiger partial charge in [-0.15, -0.1) is 0 Å². The van der Waals surface area contributed by atoms with Crippen molar-refractivity contribution in [3.05, 3.63) is 62.5 Å². The Morgan fingerprint density at radius 3 is 2.32 bits per heavy atom. The number of aliphatic hydroxyl groups is 1. The van der Waals surface area contributed by atoms with Crippen molar-refractivity contribution in [2.24, 2.45) is 0 Å². The summed E-state index contributed by atoms with van der Waals surface area (Å²) in [7, 11) is 1.19. The number of benzene rings is 1. The average molecular weight is 390 g/mol. The van der Waals surface area contributed by atoms with Crippen molar-refractivity contribution in [2.45, 2.75) is 32.8 Å². The van der Waals surface area contributed by atoms with Crippen LogP contribution < -0.4 is 5.32 Å². The second kappa shape index (κ2) is 8.66. The van der Waals surface area contributed by atoms with Crippen LogP contribution in [0.3, 0.4) is 0 Å². The van der Waals surface area contributed by atoms with E-state index in [1.165, 1.54) is 32.2 Å². The fourth-order valence-corrected chi connectivity index (χ4v) is 3.13. The predicted octanol–water partition coefficient (Wildman–Crippen LogP) is 1.93. The number of ether oxygens (including phenoxy) is 2. The van der Waals surface area contributed by atoms with Crippen LogP contribution in [0.25, 0.3) is 0 Å². The molecule has 0 bridgehead atoms. The summed E-state index contributed by atoms with van der Waals surface area (Å²) >= 11 is 0. The van der Waals surface area contributed by atoms with E-state index in [9.17, 15) is 24.8 Å². The Morgan fingerprint density at radius 2 is 1.79 bits per heavy atom. The molecule has 9 heteroatoms. The van der Waals surface area contributed by atoms with Gasteiger partial charge in [0, 0.05) is 23.0 Å². The molecule has 0 aromatic heterocycles. The Bertz CT molecular complexity index is 871. The van der Waals surface area contributed by atoms with E-state index < -0.39 is 28.9 Å². The molecule has 0 saturated carbocycles. The molecule has 9 nitrogen and oxygen atoms in total. The molecule has 1 aliphatic heterocycles. The van der Waals surface area contributed by atoms with E-state index in [1.807, 2.05) is 0 Å². The van der Waals surface area contributed by atoms with Crippen molar-refractivity contribution >= 4 is 17.6 Å². The van der Waals surface area contributed by atoms with Crippen molar-refractivity contribution in [1.82, 2.24) is 5.32 Å². The van der Waals surface area contributed by atoms with E-state index in [0.717, 1.165) is 0 Å². The third-order valence-corrected chi connectivity index (χ3v) is 4.29. The molecule has 2 atom stereocenters. The number of hydrogen-bond donors (Lipinski definition) is 2. The second-order valence-corrected chi connectivity index (χ2v) is 6.39. The van der Waals surface area contributed by atoms with E-state index in [4.69, 9.17) is 9.47 Å². The second-order valence-electron chi connectivity index (χ2n) is 6.39. The van der Waals surface area contributed by atoms with Crippen LogP contribution in [0.5, 0.6) is 0 Å². The highest BCUT2D eigenvalue weighted by Gasteiger charge is 2.40. The van der Waals surface area contributed by atoms with Gasteiger partial charge in [-0.2, -0.15) is 0 Å². The number of dihydropyridines is 1. The van der Waals surface area contributed by atoms with Gasteiger partial charge >= 0.3 is 11.9 Å². The third-order valence-electron chi connectivity index (χ3n) is 4.29. The molecule has 0 spiro atoms. The number of aliphatic hydroxyl groups excluding tert-OH is 1. The Hall–Kier alpha value is -3.20. The first-order chi connectivity index (χ1) is 13.2. The molecule has 0 radical (unpaired) electrons. The lowest BCUT2D eigenvalue weighted by molar-refractivity contribution is -0.385. The van der Waals surface area contributed by atoms with Gasteiger partial charge in [0.2, 0.25) is 0 Å². The minimum absolute atomic E-state index is 0.0425. The minimum atomic E-state index is -1.06. The molecular formula is C19H22N2O7. The highest BCUT2D eigenvalue weighted by Crippen LogP contribution is 2.42. The van der Waals surface area contributed by atoms with Crippen molar-refractivity contribution in [3.8, 4) is 0 Å². The summed E-state index contributed by atoms with van der Waals surface area (Å²) in [5.41, 5.74) is 0.852. The smallest absolute Gasteiger partial charge is 0.336 e. The molecular weight excluding hydrogens is 368 g/mol. The maximum absolute atomic E-state index is 12.8. The van der Waals surface area contributed by atoms with Crippen LogP contribution in [0, 0.1) is 10.1 Å². The lowest BCUT2D eigenvalue weighted by Crippen LogP contribution is -2.33. The minimum Gasteiger partial charge on any atom is -0.466 e. The number of nitrogens with one attached hydrogen (secondary N) is 1. The molecule has 1 aromatic carbocycles. The SMILES string of the molecule is COC(=O)C1=C(C)NC(C)=C(C(=O)OC[C@@H](C)O)[C@H]1c1ccccc1[N+](=O)[O-]. The monoisotopic (exact) mass is 390 g/mol. The van der Waals surface area contributed by atoms with E-state index in [1.54, 1.807) is 19.9 Å². The zero-order valence-corrected chi connectivity index (χ0v) is 16.0. The van der Waals surface area contributed by atoms with Crippen LogP contribution in [0.15, 0.2) is 46.8 Å². The van der Waals surface area contributed by atoms with Gasteiger partial charge in [0.15, 0.2) is 0 Å². The number of nitro benzene ring substituents is 1. The molecule has 1 aromatic rings. The first kappa shape index (κ1) is 21.1. The van der Waals surface area contributed by atoms with Crippen molar-refractivity contribution < 1.29 is 29.1 Å². The predicted molar refractivity (Wildman–Crippen MR) is 99.0 cm³/mol. The highest BCUT2D eigenvalue weighted by molar-refractivity contribution is 6.00. The highest BCUT2D eigenvalue weighted by atomic mass is 16.6. The third kappa shape index (κ3) is 4.20. The van der Waals surface area contributed by atoms with Gasteiger partial charge < -0.3 is 19.9 Å². The largest absolute Gasteiger partial charge is 0.466 e. The van der Waals surface area contributed by atoms with Crippen LogP contribution in [0.4, 0.5) is 5.69 Å². The lowest BCUT2D eigenvalue weighted by atomic mass is 9.79. The summed E-state index contributed by atoms with van der Waals surface area (Å²) in [6.45, 7) is 4.43. The van der Waals surface area contributed by atoms with Crippen LogP contribution in [-0.2, 0) is 19.1 Å². The summed E-state index contributed by atoms with van der Waals surface area (Å²) in [4.78, 5) is 36.2. The van der Waals surface area contributed by atoms with E-state index in [0.29, 0.717) is 11.4 Å². The maximum atomic E-state index is 12.8. The number of nitro groups is 1. The average Bonchev–Trinajstić information content (AvgIpc) is 2.64. The lowest BCUT2D eigenvalue weighted by Gasteiger charge is -2.30. The first-order valence-corrected chi connectivity index (χ1v) is 8.54. The van der Waals surface area contributed by atoms with Crippen LogP contribution >= 0.6 is 0 Å². The molecule has 1 aliphatic rings. The summed E-state index contributed by atoms with van der Waals surface area (Å²) in [5.74, 6) is -2.57. The molecule has 0 unspecified atom stereocenters. The molecule has 28 heavy (non-hydrogen) atoms. The van der Waals surface area contributed by atoms with E-state index in [2.05, 4.69) is 5.32 Å². The number of carbonyl (C=O) groups excluding carboxylic acids is 2. The van der Waals surface area contributed by atoms with Crippen molar-refractivity contribution in [2.75, 3.05) is 13.7 Å². The van der Waals surface area contributed by atoms with Crippen LogP contribution in [0.1, 0.15) is 32.3 Å². The zero-order chi connectivity index (χ0) is 21.0. The number of nitrogens with zero attached hydrogens (tertiary/aromatic N) is 1. The Labute approximate surface area is 161 Å². The molecule has 1 heterocycles. The van der Waals surface area contributed by atoms with Gasteiger partial charge in [-0.3, -0.25) is 10.1 Å². The number of esters is 2. The molecule has 150 valence electrons. The fraction of sp³-hybridized carbons (Fsp3) is 0.368. The van der Waals surface area contributed by atoms with Gasteiger partial charge in [-0.05, 0) is 20.8 Å². The Morgan fingerprint density at radius 1 is 1.21 bits per heavy atom. The number of para-hydroxylation sites is 1. The number of rotatable bonds is 6. The number of allylic oxidation sites excluding steroid dienone is 2. The topological polar surface area (TPSA) is 128 Å². The number of carbonyl (C=O) groups is 2. The maximum Gasteiger partial charge on any atom is 0.336 e. The molecule has 0 amide bonds. The summed E-state index contributed by atoms with van der Waals surface area (Å²) < 4.78 is 9.98. The van der Waals surface area contributed by atoms with Gasteiger partial charge in [0.05, 0.1) is 35.2 Å². The van der Waals surface area contributed by atoms with Crippen LogP contribution in [-0.4, -0.2) is 41.8 Å². The van der Waals surface area contributed by atoms with Crippen molar-refractivity contribution in [3.63, 3.8) is 0 Å².